The van der Waals surface area contributed by atoms with Gasteiger partial charge in [0.15, 0.2) is 6.29 Å². The van der Waals surface area contributed by atoms with Crippen molar-refractivity contribution in [3.05, 3.63) is 44.6 Å². The van der Waals surface area contributed by atoms with Crippen molar-refractivity contribution in [2.75, 3.05) is 0 Å². The third-order valence-electron chi connectivity index (χ3n) is 1.83. The Balaban J connectivity index is 2.23. The van der Waals surface area contributed by atoms with Gasteiger partial charge in [-0.1, -0.05) is 23.2 Å². The summed E-state index contributed by atoms with van der Waals surface area (Å²) < 4.78 is 5.51. The van der Waals surface area contributed by atoms with Gasteiger partial charge in [-0.05, 0) is 18.2 Å². The molecule has 1 aromatic carbocycles. The van der Waals surface area contributed by atoms with Gasteiger partial charge in [-0.2, -0.15) is 0 Å². The molecule has 0 spiro atoms. The van der Waals surface area contributed by atoms with Gasteiger partial charge in [0.05, 0.1) is 9.90 Å². The zero-order valence-corrected chi connectivity index (χ0v) is 10.3. The lowest BCUT2D eigenvalue weighted by atomic mass is 10.3. The first-order valence-electron chi connectivity index (χ1n) is 4.35. The van der Waals surface area contributed by atoms with Gasteiger partial charge in [-0.25, -0.2) is 0 Å². The lowest BCUT2D eigenvalue weighted by Crippen LogP contribution is -1.82. The second-order valence-corrected chi connectivity index (χ2v) is 4.77. The molecule has 2 nitrogen and oxygen atoms in total. The van der Waals surface area contributed by atoms with Crippen LogP contribution in [0.3, 0.4) is 0 Å². The van der Waals surface area contributed by atoms with E-state index in [1.165, 1.54) is 11.3 Å². The van der Waals surface area contributed by atoms with E-state index in [1.807, 2.05) is 0 Å². The minimum Gasteiger partial charge on any atom is -0.455 e. The molecule has 0 aliphatic carbocycles. The second kappa shape index (κ2) is 4.87. The first-order valence-corrected chi connectivity index (χ1v) is 5.99. The SMILES string of the molecule is O=Cc1cc(Oc2ccc(Cl)cc2Cl)cs1. The van der Waals surface area contributed by atoms with Crippen molar-refractivity contribution in [1.29, 1.82) is 0 Å². The number of carbonyl (C=O) groups excluding carboxylic acids is 1. The van der Waals surface area contributed by atoms with Crippen LogP contribution >= 0.6 is 34.5 Å². The molecule has 0 radical (unpaired) electrons. The van der Waals surface area contributed by atoms with Crippen LogP contribution in [0.5, 0.6) is 11.5 Å². The van der Waals surface area contributed by atoms with E-state index >= 15 is 0 Å². The number of benzene rings is 1. The summed E-state index contributed by atoms with van der Waals surface area (Å²) in [6.45, 7) is 0. The average molecular weight is 273 g/mol. The highest BCUT2D eigenvalue weighted by Gasteiger charge is 2.05. The molecule has 2 rings (SSSR count). The summed E-state index contributed by atoms with van der Waals surface area (Å²) in [5.41, 5.74) is 0. The van der Waals surface area contributed by atoms with Crippen molar-refractivity contribution in [2.24, 2.45) is 0 Å². The first kappa shape index (κ1) is 11.5. The van der Waals surface area contributed by atoms with Gasteiger partial charge >= 0.3 is 0 Å². The molecule has 0 N–H and O–H groups in total. The summed E-state index contributed by atoms with van der Waals surface area (Å²) in [7, 11) is 0. The molecule has 0 aliphatic rings. The molecule has 0 unspecified atom stereocenters. The number of carbonyl (C=O) groups is 1. The van der Waals surface area contributed by atoms with Crippen molar-refractivity contribution in [1.82, 2.24) is 0 Å². The number of hydrogen-bond acceptors (Lipinski definition) is 3. The monoisotopic (exact) mass is 272 g/mol. The van der Waals surface area contributed by atoms with Crippen LogP contribution in [0.2, 0.25) is 10.0 Å². The van der Waals surface area contributed by atoms with Gasteiger partial charge in [0, 0.05) is 16.5 Å². The Kier molecular flexibility index (Phi) is 3.49. The van der Waals surface area contributed by atoms with Crippen molar-refractivity contribution in [3.8, 4) is 11.5 Å². The van der Waals surface area contributed by atoms with Crippen LogP contribution in [0.4, 0.5) is 0 Å². The highest BCUT2D eigenvalue weighted by Crippen LogP contribution is 2.33. The minimum atomic E-state index is 0.436. The number of ether oxygens (including phenoxy) is 1. The molecule has 1 heterocycles. The maximum atomic E-state index is 10.5. The predicted octanol–water partition coefficient (Wildman–Crippen LogP) is 4.66. The molecule has 0 amide bonds. The molecule has 0 atom stereocenters. The van der Waals surface area contributed by atoms with Crippen LogP contribution in [0.1, 0.15) is 9.67 Å². The lowest BCUT2D eigenvalue weighted by molar-refractivity contribution is 0.112. The molecule has 1 aromatic heterocycles. The Bertz CT molecular complexity index is 522. The number of thiophene rings is 1. The van der Waals surface area contributed by atoms with Crippen LogP contribution in [-0.2, 0) is 0 Å². The van der Waals surface area contributed by atoms with Crippen molar-refractivity contribution < 1.29 is 9.53 Å². The van der Waals surface area contributed by atoms with Crippen LogP contribution in [0.25, 0.3) is 0 Å². The van der Waals surface area contributed by atoms with Crippen LogP contribution in [-0.4, -0.2) is 6.29 Å². The molecular formula is C11H6Cl2O2S. The van der Waals surface area contributed by atoms with E-state index < -0.39 is 0 Å². The zero-order chi connectivity index (χ0) is 11.5. The quantitative estimate of drug-likeness (QED) is 0.760. The zero-order valence-electron chi connectivity index (χ0n) is 7.94. The summed E-state index contributed by atoms with van der Waals surface area (Å²) in [6, 6.07) is 6.63. The van der Waals surface area contributed by atoms with Gasteiger partial charge in [-0.3, -0.25) is 4.79 Å². The van der Waals surface area contributed by atoms with E-state index in [0.29, 0.717) is 26.4 Å². The van der Waals surface area contributed by atoms with Crippen molar-refractivity contribution in [3.63, 3.8) is 0 Å². The minimum absolute atomic E-state index is 0.436. The molecule has 0 saturated carbocycles. The maximum Gasteiger partial charge on any atom is 0.160 e. The summed E-state index contributed by atoms with van der Waals surface area (Å²) in [5.74, 6) is 1.11. The van der Waals surface area contributed by atoms with E-state index in [1.54, 1.807) is 29.6 Å². The van der Waals surface area contributed by atoms with Gasteiger partial charge in [0.25, 0.3) is 0 Å². The Morgan fingerprint density at radius 3 is 2.69 bits per heavy atom. The Labute approximate surface area is 106 Å². The van der Waals surface area contributed by atoms with Gasteiger partial charge < -0.3 is 4.74 Å². The molecule has 0 fully saturated rings. The summed E-state index contributed by atoms with van der Waals surface area (Å²) in [5, 5.41) is 2.73. The standard InChI is InChI=1S/C11H6Cl2O2S/c12-7-1-2-11(10(13)3-7)15-8-4-9(5-14)16-6-8/h1-6H. The lowest BCUT2D eigenvalue weighted by Gasteiger charge is -2.05. The second-order valence-electron chi connectivity index (χ2n) is 2.98. The smallest absolute Gasteiger partial charge is 0.160 e. The number of aldehydes is 1. The molecular weight excluding hydrogens is 267 g/mol. The number of rotatable bonds is 3. The molecule has 16 heavy (non-hydrogen) atoms. The molecule has 82 valence electrons. The summed E-state index contributed by atoms with van der Waals surface area (Å²) in [4.78, 5) is 11.1. The number of halogens is 2. The Morgan fingerprint density at radius 1 is 1.25 bits per heavy atom. The third-order valence-corrected chi connectivity index (χ3v) is 3.20. The summed E-state index contributed by atoms with van der Waals surface area (Å²) >= 11 is 13.0. The van der Waals surface area contributed by atoms with E-state index in [-0.39, 0.29) is 0 Å². The van der Waals surface area contributed by atoms with Gasteiger partial charge in [0.2, 0.25) is 0 Å². The van der Waals surface area contributed by atoms with Crippen LogP contribution < -0.4 is 4.74 Å². The number of hydrogen-bond donors (Lipinski definition) is 0. The molecule has 0 saturated heterocycles. The fourth-order valence-electron chi connectivity index (χ4n) is 1.13. The molecule has 0 bridgehead atoms. The fourth-order valence-corrected chi connectivity index (χ4v) is 2.19. The highest BCUT2D eigenvalue weighted by molar-refractivity contribution is 7.11. The predicted molar refractivity (Wildman–Crippen MR) is 66.2 cm³/mol. The van der Waals surface area contributed by atoms with E-state index in [0.717, 1.165) is 6.29 Å². The van der Waals surface area contributed by atoms with Crippen molar-refractivity contribution in [2.45, 2.75) is 0 Å². The van der Waals surface area contributed by atoms with E-state index in [4.69, 9.17) is 27.9 Å². The topological polar surface area (TPSA) is 26.3 Å². The molecule has 0 aliphatic heterocycles. The van der Waals surface area contributed by atoms with Crippen molar-refractivity contribution >= 4 is 40.8 Å². The first-order chi connectivity index (χ1) is 7.69. The van der Waals surface area contributed by atoms with E-state index in [2.05, 4.69) is 0 Å². The molecule has 5 heteroatoms. The fraction of sp³-hybridized carbons (Fsp3) is 0. The largest absolute Gasteiger partial charge is 0.455 e. The average Bonchev–Trinajstić information content (AvgIpc) is 2.70. The Morgan fingerprint density at radius 2 is 2.06 bits per heavy atom. The molecule has 2 aromatic rings. The highest BCUT2D eigenvalue weighted by atomic mass is 35.5. The third kappa shape index (κ3) is 2.55. The van der Waals surface area contributed by atoms with Gasteiger partial charge in [-0.15, -0.1) is 11.3 Å². The maximum absolute atomic E-state index is 10.5. The Hall–Kier alpha value is -1.03. The van der Waals surface area contributed by atoms with Crippen LogP contribution in [0, 0.1) is 0 Å². The van der Waals surface area contributed by atoms with Gasteiger partial charge in [0.1, 0.15) is 11.5 Å². The van der Waals surface area contributed by atoms with E-state index in [9.17, 15) is 4.79 Å². The summed E-state index contributed by atoms with van der Waals surface area (Å²) in [6.07, 6.45) is 0.779. The van der Waals surface area contributed by atoms with Crippen LogP contribution in [0.15, 0.2) is 29.6 Å². The normalized spacial score (nSPS) is 10.1.